The van der Waals surface area contributed by atoms with Crippen molar-refractivity contribution in [3.8, 4) is 0 Å². The zero-order valence-corrected chi connectivity index (χ0v) is 10.9. The largest absolute Gasteiger partial charge is 0.463 e. The van der Waals surface area contributed by atoms with Crippen LogP contribution < -0.4 is 0 Å². The minimum Gasteiger partial charge on any atom is -0.463 e. The number of ether oxygens (including phenoxy) is 1. The van der Waals surface area contributed by atoms with Gasteiger partial charge in [-0.15, -0.1) is 0 Å². The highest BCUT2D eigenvalue weighted by atomic mass is 16.5. The molecule has 18 heavy (non-hydrogen) atoms. The topological polar surface area (TPSA) is 63.6 Å². The van der Waals surface area contributed by atoms with Gasteiger partial charge in [0, 0.05) is 6.42 Å². The van der Waals surface area contributed by atoms with E-state index in [0.29, 0.717) is 0 Å². The van der Waals surface area contributed by atoms with Gasteiger partial charge in [0.25, 0.3) is 0 Å². The molecule has 0 amide bonds. The summed E-state index contributed by atoms with van der Waals surface area (Å²) >= 11 is 0. The van der Waals surface area contributed by atoms with Gasteiger partial charge in [-0.25, -0.2) is 4.79 Å². The number of esters is 1. The van der Waals surface area contributed by atoms with E-state index in [0.717, 1.165) is 5.57 Å². The van der Waals surface area contributed by atoms with E-state index in [4.69, 9.17) is 4.74 Å². The molecule has 1 fully saturated rings. The molecule has 0 aromatic rings. The number of allylic oxidation sites excluding steroid dienone is 2. The molecule has 0 bridgehead atoms. The standard InChI is InChI=1S/C14H18O4/c1-4-18-12(16)10-6-5-9(2)13(3)11(15)7-8-14(10,13)17/h5-6,17H,4,7-8H2,1-3H3/t13-,14+/m1/s1. The summed E-state index contributed by atoms with van der Waals surface area (Å²) < 4.78 is 4.96. The van der Waals surface area contributed by atoms with Crippen molar-refractivity contribution in [1.29, 1.82) is 0 Å². The van der Waals surface area contributed by atoms with Crippen LogP contribution in [0.5, 0.6) is 0 Å². The maximum absolute atomic E-state index is 12.1. The van der Waals surface area contributed by atoms with Crippen molar-refractivity contribution in [2.24, 2.45) is 5.41 Å². The molecule has 2 aliphatic carbocycles. The lowest BCUT2D eigenvalue weighted by atomic mass is 9.64. The van der Waals surface area contributed by atoms with Gasteiger partial charge < -0.3 is 9.84 Å². The van der Waals surface area contributed by atoms with E-state index in [1.165, 1.54) is 0 Å². The van der Waals surface area contributed by atoms with Gasteiger partial charge in [-0.2, -0.15) is 0 Å². The molecule has 0 radical (unpaired) electrons. The lowest BCUT2D eigenvalue weighted by molar-refractivity contribution is -0.143. The maximum Gasteiger partial charge on any atom is 0.336 e. The third kappa shape index (κ3) is 1.42. The van der Waals surface area contributed by atoms with Crippen molar-refractivity contribution in [3.63, 3.8) is 0 Å². The number of aliphatic hydroxyl groups is 1. The van der Waals surface area contributed by atoms with Crippen LogP contribution in [0.15, 0.2) is 23.3 Å². The SMILES string of the molecule is CCOC(=O)C1=CC=C(C)[C@]2(C)C(=O)CC[C@]12O. The minimum absolute atomic E-state index is 0.0198. The van der Waals surface area contributed by atoms with Gasteiger partial charge in [-0.1, -0.05) is 11.6 Å². The first-order chi connectivity index (χ1) is 8.38. The van der Waals surface area contributed by atoms with E-state index in [9.17, 15) is 14.7 Å². The molecule has 0 aromatic heterocycles. The molecule has 0 aromatic carbocycles. The molecule has 2 aliphatic rings. The van der Waals surface area contributed by atoms with Crippen LogP contribution in [0.25, 0.3) is 0 Å². The van der Waals surface area contributed by atoms with Gasteiger partial charge in [-0.3, -0.25) is 4.79 Å². The highest BCUT2D eigenvalue weighted by Gasteiger charge is 2.61. The fraction of sp³-hybridized carbons (Fsp3) is 0.571. The number of carbonyl (C=O) groups excluding carboxylic acids is 2. The van der Waals surface area contributed by atoms with Crippen molar-refractivity contribution in [3.05, 3.63) is 23.3 Å². The van der Waals surface area contributed by atoms with Gasteiger partial charge in [0.05, 0.1) is 17.6 Å². The Bertz CT molecular complexity index is 474. The summed E-state index contributed by atoms with van der Waals surface area (Å²) in [7, 11) is 0. The zero-order chi connectivity index (χ0) is 13.6. The van der Waals surface area contributed by atoms with Crippen molar-refractivity contribution < 1.29 is 19.4 Å². The molecule has 0 saturated heterocycles. The Kier molecular flexibility index (Phi) is 2.93. The van der Waals surface area contributed by atoms with E-state index < -0.39 is 17.0 Å². The molecule has 0 heterocycles. The van der Waals surface area contributed by atoms with E-state index in [1.807, 2.05) is 6.92 Å². The zero-order valence-electron chi connectivity index (χ0n) is 10.9. The molecule has 2 rings (SSSR count). The molecule has 98 valence electrons. The number of hydrogen-bond acceptors (Lipinski definition) is 4. The number of rotatable bonds is 2. The van der Waals surface area contributed by atoms with Gasteiger partial charge >= 0.3 is 5.97 Å². The van der Waals surface area contributed by atoms with Gasteiger partial charge in [-0.05, 0) is 33.3 Å². The van der Waals surface area contributed by atoms with E-state index in [-0.39, 0.29) is 30.8 Å². The Balaban J connectivity index is 2.51. The Morgan fingerprint density at radius 1 is 1.50 bits per heavy atom. The first-order valence-electron chi connectivity index (χ1n) is 6.20. The second-order valence-electron chi connectivity index (χ2n) is 5.06. The van der Waals surface area contributed by atoms with Crippen LogP contribution in [-0.4, -0.2) is 29.1 Å². The van der Waals surface area contributed by atoms with Gasteiger partial charge in [0.15, 0.2) is 0 Å². The average molecular weight is 250 g/mol. The monoisotopic (exact) mass is 250 g/mol. The lowest BCUT2D eigenvalue weighted by Gasteiger charge is -2.42. The van der Waals surface area contributed by atoms with Crippen LogP contribution in [0.1, 0.15) is 33.6 Å². The van der Waals surface area contributed by atoms with Crippen molar-refractivity contribution in [2.45, 2.75) is 39.2 Å². The second-order valence-corrected chi connectivity index (χ2v) is 5.06. The van der Waals surface area contributed by atoms with Crippen molar-refractivity contribution in [1.82, 2.24) is 0 Å². The second kappa shape index (κ2) is 4.05. The van der Waals surface area contributed by atoms with E-state index in [2.05, 4.69) is 0 Å². The number of hydrogen-bond donors (Lipinski definition) is 1. The van der Waals surface area contributed by atoms with Gasteiger partial charge in [0.2, 0.25) is 0 Å². The van der Waals surface area contributed by atoms with Crippen LogP contribution in [0.4, 0.5) is 0 Å². The lowest BCUT2D eigenvalue weighted by Crippen LogP contribution is -2.51. The van der Waals surface area contributed by atoms with E-state index in [1.54, 1.807) is 26.0 Å². The van der Waals surface area contributed by atoms with Crippen molar-refractivity contribution in [2.75, 3.05) is 6.61 Å². The molecule has 2 atom stereocenters. The predicted octanol–water partition coefficient (Wildman–Crippen LogP) is 1.54. The predicted molar refractivity (Wildman–Crippen MR) is 65.8 cm³/mol. The Labute approximate surface area is 106 Å². The summed E-state index contributed by atoms with van der Waals surface area (Å²) in [6, 6.07) is 0. The molecule has 4 heteroatoms. The van der Waals surface area contributed by atoms with Crippen LogP contribution in [-0.2, 0) is 14.3 Å². The fourth-order valence-corrected chi connectivity index (χ4v) is 2.93. The Morgan fingerprint density at radius 2 is 2.17 bits per heavy atom. The smallest absolute Gasteiger partial charge is 0.336 e. The highest BCUT2D eigenvalue weighted by molar-refractivity contribution is 6.00. The first-order valence-corrected chi connectivity index (χ1v) is 6.20. The Morgan fingerprint density at radius 3 is 2.78 bits per heavy atom. The summed E-state index contributed by atoms with van der Waals surface area (Å²) in [5.41, 5.74) is -1.43. The number of Topliss-reactive ketones (excluding diaryl/α,β-unsaturated/α-hetero) is 1. The molecule has 4 nitrogen and oxygen atoms in total. The van der Waals surface area contributed by atoms with Crippen LogP contribution >= 0.6 is 0 Å². The molecule has 1 saturated carbocycles. The molecular weight excluding hydrogens is 232 g/mol. The maximum atomic E-state index is 12.1. The number of carbonyl (C=O) groups is 2. The molecule has 0 unspecified atom stereocenters. The first kappa shape index (κ1) is 13.0. The van der Waals surface area contributed by atoms with Crippen LogP contribution in [0.3, 0.4) is 0 Å². The van der Waals surface area contributed by atoms with E-state index >= 15 is 0 Å². The number of ketones is 1. The van der Waals surface area contributed by atoms with Crippen LogP contribution in [0, 0.1) is 5.41 Å². The van der Waals surface area contributed by atoms with Crippen molar-refractivity contribution >= 4 is 11.8 Å². The summed E-state index contributed by atoms with van der Waals surface area (Å²) in [6.07, 6.45) is 3.87. The van der Waals surface area contributed by atoms with Crippen LogP contribution in [0.2, 0.25) is 0 Å². The fourth-order valence-electron chi connectivity index (χ4n) is 2.93. The highest BCUT2D eigenvalue weighted by Crippen LogP contribution is 2.54. The minimum atomic E-state index is -1.42. The summed E-state index contributed by atoms with van der Waals surface area (Å²) in [5.74, 6) is -0.557. The Hall–Kier alpha value is -1.42. The normalized spacial score (nSPS) is 34.8. The summed E-state index contributed by atoms with van der Waals surface area (Å²) in [5, 5.41) is 10.8. The molecule has 0 aliphatic heterocycles. The summed E-state index contributed by atoms with van der Waals surface area (Å²) in [6.45, 7) is 5.48. The number of fused-ring (bicyclic) bond motifs is 1. The third-order valence-electron chi connectivity index (χ3n) is 4.33. The quantitative estimate of drug-likeness (QED) is 0.755. The van der Waals surface area contributed by atoms with Gasteiger partial charge in [0.1, 0.15) is 11.4 Å². The molecular formula is C14H18O4. The summed E-state index contributed by atoms with van der Waals surface area (Å²) in [4.78, 5) is 24.0. The average Bonchev–Trinajstić information content (AvgIpc) is 2.56. The third-order valence-corrected chi connectivity index (χ3v) is 4.33. The molecule has 0 spiro atoms. The molecule has 1 N–H and O–H groups in total.